The Labute approximate surface area is 134 Å². The molecule has 0 aromatic carbocycles. The van der Waals surface area contributed by atoms with Crippen molar-refractivity contribution in [3.8, 4) is 0 Å². The highest BCUT2D eigenvalue weighted by molar-refractivity contribution is 5.86. The van der Waals surface area contributed by atoms with Crippen LogP contribution in [0.2, 0.25) is 0 Å². The second-order valence-corrected chi connectivity index (χ2v) is 6.23. The third kappa shape index (κ3) is 6.64. The molecule has 0 aliphatic heterocycles. The molecule has 0 aliphatic carbocycles. The first-order chi connectivity index (χ1) is 10.6. The number of carbonyl (C=O) groups excluding carboxylic acids is 1. The normalized spacial score (nSPS) is 12.7. The Morgan fingerprint density at radius 3 is 2.57 bits per heavy atom. The number of alkyl carbamates (subject to hydrolysis) is 1. The smallest absolute Gasteiger partial charge is 0.407 e. The predicted octanol–water partition coefficient (Wildman–Crippen LogP) is 0.814. The average Bonchev–Trinajstić information content (AvgIpc) is 2.77. The summed E-state index contributed by atoms with van der Waals surface area (Å²) in [7, 11) is 0. The minimum atomic E-state index is -1.18. The van der Waals surface area contributed by atoms with E-state index in [1.807, 2.05) is 0 Å². The van der Waals surface area contributed by atoms with Crippen molar-refractivity contribution in [3.63, 3.8) is 0 Å². The summed E-state index contributed by atoms with van der Waals surface area (Å²) in [6, 6.07) is 0. The van der Waals surface area contributed by atoms with Crippen LogP contribution in [-0.2, 0) is 17.7 Å². The van der Waals surface area contributed by atoms with Gasteiger partial charge in [0.05, 0.1) is 11.8 Å². The van der Waals surface area contributed by atoms with Crippen molar-refractivity contribution >= 4 is 12.1 Å². The molecule has 0 bridgehead atoms. The summed E-state index contributed by atoms with van der Waals surface area (Å²) >= 11 is 0. The minimum Gasteiger partial charge on any atom is -0.476 e. The second-order valence-electron chi connectivity index (χ2n) is 6.23. The van der Waals surface area contributed by atoms with E-state index in [0.29, 0.717) is 18.7 Å². The van der Waals surface area contributed by atoms with Gasteiger partial charge in [-0.2, -0.15) is 0 Å². The van der Waals surface area contributed by atoms with Crippen molar-refractivity contribution in [2.24, 2.45) is 0 Å². The summed E-state index contributed by atoms with van der Waals surface area (Å²) < 4.78 is 6.54. The Morgan fingerprint density at radius 1 is 1.39 bits per heavy atom. The van der Waals surface area contributed by atoms with E-state index >= 15 is 0 Å². The van der Waals surface area contributed by atoms with Crippen molar-refractivity contribution in [3.05, 3.63) is 11.4 Å². The fraction of sp³-hybridized carbons (Fsp3) is 0.714. The van der Waals surface area contributed by atoms with E-state index in [4.69, 9.17) is 9.84 Å². The standard InChI is InChI=1S/C14H24N4O5/c1-9(19)6-8-18-10(11(12(20)21)16-17-18)5-7-15-13(22)23-14(2,3)4/h9,19H,5-8H2,1-4H3,(H,15,22)(H,20,21). The lowest BCUT2D eigenvalue weighted by atomic mass is 10.2. The maximum absolute atomic E-state index is 11.6. The number of amides is 1. The van der Waals surface area contributed by atoms with Gasteiger partial charge in [0.1, 0.15) is 5.60 Å². The number of nitrogens with one attached hydrogen (secondary N) is 1. The number of aromatic nitrogens is 3. The Kier molecular flexibility index (Phi) is 6.49. The van der Waals surface area contributed by atoms with Crippen LogP contribution in [-0.4, -0.2) is 55.5 Å². The molecule has 1 heterocycles. The lowest BCUT2D eigenvalue weighted by molar-refractivity contribution is 0.0528. The van der Waals surface area contributed by atoms with Crippen LogP contribution in [0.5, 0.6) is 0 Å². The lowest BCUT2D eigenvalue weighted by Gasteiger charge is -2.19. The molecule has 1 rings (SSSR count). The molecule has 0 saturated carbocycles. The Balaban J connectivity index is 2.68. The molecule has 1 aromatic heterocycles. The molecule has 23 heavy (non-hydrogen) atoms. The lowest BCUT2D eigenvalue weighted by Crippen LogP contribution is -2.34. The Morgan fingerprint density at radius 2 is 2.04 bits per heavy atom. The summed E-state index contributed by atoms with van der Waals surface area (Å²) in [6.07, 6.45) is -0.430. The number of carbonyl (C=O) groups is 2. The monoisotopic (exact) mass is 328 g/mol. The molecule has 3 N–H and O–H groups in total. The van der Waals surface area contributed by atoms with Gasteiger partial charge in [0, 0.05) is 19.5 Å². The van der Waals surface area contributed by atoms with Crippen molar-refractivity contribution in [2.75, 3.05) is 6.54 Å². The third-order valence-corrected chi connectivity index (χ3v) is 2.83. The first-order valence-electron chi connectivity index (χ1n) is 7.40. The van der Waals surface area contributed by atoms with Crippen LogP contribution in [0.15, 0.2) is 0 Å². The van der Waals surface area contributed by atoms with E-state index in [9.17, 15) is 14.7 Å². The van der Waals surface area contributed by atoms with E-state index in [1.165, 1.54) is 4.68 Å². The molecular weight excluding hydrogens is 304 g/mol. The van der Waals surface area contributed by atoms with Gasteiger partial charge in [0.15, 0.2) is 5.69 Å². The van der Waals surface area contributed by atoms with Gasteiger partial charge in [0.2, 0.25) is 0 Å². The third-order valence-electron chi connectivity index (χ3n) is 2.83. The molecular formula is C14H24N4O5. The number of aryl methyl sites for hydroxylation is 1. The summed E-state index contributed by atoms with van der Waals surface area (Å²) in [5, 5.41) is 28.5. The highest BCUT2D eigenvalue weighted by Crippen LogP contribution is 2.09. The largest absolute Gasteiger partial charge is 0.476 e. The summed E-state index contributed by atoms with van der Waals surface area (Å²) in [6.45, 7) is 7.44. The number of carboxylic acid groups (broad SMARTS) is 1. The van der Waals surface area contributed by atoms with E-state index in [0.717, 1.165) is 0 Å². The first-order valence-corrected chi connectivity index (χ1v) is 7.40. The van der Waals surface area contributed by atoms with Gasteiger partial charge in [-0.1, -0.05) is 5.21 Å². The minimum absolute atomic E-state index is 0.151. The Hall–Kier alpha value is -2.16. The summed E-state index contributed by atoms with van der Waals surface area (Å²) in [5.74, 6) is -1.18. The van der Waals surface area contributed by atoms with Crippen LogP contribution in [0.25, 0.3) is 0 Å². The van der Waals surface area contributed by atoms with Crippen LogP contribution in [0, 0.1) is 0 Å². The fourth-order valence-corrected chi connectivity index (χ4v) is 1.83. The van der Waals surface area contributed by atoms with Gasteiger partial charge < -0.3 is 20.3 Å². The maximum atomic E-state index is 11.6. The molecule has 9 heteroatoms. The molecule has 130 valence electrons. The van der Waals surface area contributed by atoms with E-state index in [2.05, 4.69) is 15.6 Å². The maximum Gasteiger partial charge on any atom is 0.407 e. The van der Waals surface area contributed by atoms with Crippen LogP contribution in [0.1, 0.15) is 50.3 Å². The second kappa shape index (κ2) is 7.91. The zero-order chi connectivity index (χ0) is 17.6. The highest BCUT2D eigenvalue weighted by atomic mass is 16.6. The zero-order valence-electron chi connectivity index (χ0n) is 13.9. The van der Waals surface area contributed by atoms with Gasteiger partial charge in [-0.15, -0.1) is 5.10 Å². The molecule has 1 aromatic rings. The quantitative estimate of drug-likeness (QED) is 0.676. The van der Waals surface area contributed by atoms with E-state index in [1.54, 1.807) is 27.7 Å². The molecule has 1 unspecified atom stereocenters. The number of hydrogen-bond donors (Lipinski definition) is 3. The van der Waals surface area contributed by atoms with Crippen molar-refractivity contribution in [1.29, 1.82) is 0 Å². The number of aliphatic hydroxyl groups is 1. The number of ether oxygens (including phenoxy) is 1. The van der Waals surface area contributed by atoms with Gasteiger partial charge in [-0.05, 0) is 34.1 Å². The fourth-order valence-electron chi connectivity index (χ4n) is 1.83. The summed E-state index contributed by atoms with van der Waals surface area (Å²) in [5.41, 5.74) is -0.354. The topological polar surface area (TPSA) is 127 Å². The van der Waals surface area contributed by atoms with Gasteiger partial charge in [0.25, 0.3) is 0 Å². The SMILES string of the molecule is CC(O)CCn1nnc(C(=O)O)c1CCNC(=O)OC(C)(C)C. The average molecular weight is 328 g/mol. The number of hydrogen-bond acceptors (Lipinski definition) is 6. The van der Waals surface area contributed by atoms with Crippen molar-refractivity contribution < 1.29 is 24.5 Å². The van der Waals surface area contributed by atoms with Crippen LogP contribution < -0.4 is 5.32 Å². The predicted molar refractivity (Wildman–Crippen MR) is 81.2 cm³/mol. The van der Waals surface area contributed by atoms with Crippen molar-refractivity contribution in [1.82, 2.24) is 20.3 Å². The molecule has 0 aliphatic rings. The first kappa shape index (κ1) is 18.9. The molecule has 1 amide bonds. The number of aliphatic hydroxyl groups excluding tert-OH is 1. The summed E-state index contributed by atoms with van der Waals surface area (Å²) in [4.78, 5) is 22.8. The number of aromatic carboxylic acids is 1. The Bertz CT molecular complexity index is 548. The molecule has 0 spiro atoms. The zero-order valence-corrected chi connectivity index (χ0v) is 13.9. The van der Waals surface area contributed by atoms with Gasteiger partial charge in [-0.3, -0.25) is 0 Å². The number of nitrogens with zero attached hydrogens (tertiary/aromatic N) is 3. The van der Waals surface area contributed by atoms with E-state index < -0.39 is 23.8 Å². The van der Waals surface area contributed by atoms with Gasteiger partial charge >= 0.3 is 12.1 Å². The molecule has 0 radical (unpaired) electrons. The van der Waals surface area contributed by atoms with Crippen LogP contribution in [0.3, 0.4) is 0 Å². The molecule has 0 fully saturated rings. The molecule has 0 saturated heterocycles. The number of rotatable bonds is 7. The van der Waals surface area contributed by atoms with E-state index in [-0.39, 0.29) is 18.7 Å². The van der Waals surface area contributed by atoms with Crippen molar-refractivity contribution in [2.45, 2.75) is 58.8 Å². The molecule has 1 atom stereocenters. The number of carboxylic acids is 1. The molecule has 9 nitrogen and oxygen atoms in total. The van der Waals surface area contributed by atoms with Crippen LogP contribution in [0.4, 0.5) is 4.79 Å². The van der Waals surface area contributed by atoms with Gasteiger partial charge in [-0.25, -0.2) is 14.3 Å². The highest BCUT2D eigenvalue weighted by Gasteiger charge is 2.20. The van der Waals surface area contributed by atoms with Crippen LogP contribution >= 0.6 is 0 Å².